The van der Waals surface area contributed by atoms with Gasteiger partial charge < -0.3 is 10.2 Å². The molecule has 6 heteroatoms. The molecule has 0 aliphatic heterocycles. The lowest BCUT2D eigenvalue weighted by Crippen LogP contribution is -2.00. The summed E-state index contributed by atoms with van der Waals surface area (Å²) in [6, 6.07) is 4.10. The number of hydrogen-bond acceptors (Lipinski definition) is 5. The summed E-state index contributed by atoms with van der Waals surface area (Å²) in [5.41, 5.74) is 10.2. The first kappa shape index (κ1) is 11.9. The SMILES string of the molecule is Cc1cc(C)c2oc(Cn3cc(CN)nn3)nc2c1. The first-order chi connectivity index (χ1) is 9.15. The van der Waals surface area contributed by atoms with Crippen molar-refractivity contribution in [3.05, 3.63) is 41.0 Å². The van der Waals surface area contributed by atoms with Crippen molar-refractivity contribution >= 4 is 11.1 Å². The highest BCUT2D eigenvalue weighted by Crippen LogP contribution is 2.21. The lowest BCUT2D eigenvalue weighted by Gasteiger charge is -1.95. The van der Waals surface area contributed by atoms with E-state index in [1.807, 2.05) is 19.9 Å². The van der Waals surface area contributed by atoms with Crippen molar-refractivity contribution < 1.29 is 4.42 Å². The average molecular weight is 257 g/mol. The lowest BCUT2D eigenvalue weighted by atomic mass is 10.1. The third kappa shape index (κ3) is 2.22. The normalized spacial score (nSPS) is 11.3. The number of fused-ring (bicyclic) bond motifs is 1. The highest BCUT2D eigenvalue weighted by molar-refractivity contribution is 5.77. The molecule has 19 heavy (non-hydrogen) atoms. The molecule has 1 aromatic carbocycles. The molecule has 6 nitrogen and oxygen atoms in total. The van der Waals surface area contributed by atoms with E-state index in [1.54, 1.807) is 10.9 Å². The van der Waals surface area contributed by atoms with E-state index in [0.29, 0.717) is 19.0 Å². The van der Waals surface area contributed by atoms with Crippen LogP contribution < -0.4 is 5.73 Å². The van der Waals surface area contributed by atoms with E-state index in [4.69, 9.17) is 10.2 Å². The fourth-order valence-electron chi connectivity index (χ4n) is 2.14. The maximum atomic E-state index is 5.77. The Balaban J connectivity index is 1.95. The van der Waals surface area contributed by atoms with Crippen molar-refractivity contribution in [3.8, 4) is 0 Å². The van der Waals surface area contributed by atoms with Crippen LogP contribution in [0.2, 0.25) is 0 Å². The van der Waals surface area contributed by atoms with Crippen molar-refractivity contribution in [1.29, 1.82) is 0 Å². The fourth-order valence-corrected chi connectivity index (χ4v) is 2.14. The Hall–Kier alpha value is -2.21. The van der Waals surface area contributed by atoms with E-state index in [1.165, 1.54) is 5.56 Å². The lowest BCUT2D eigenvalue weighted by molar-refractivity contribution is 0.484. The molecule has 0 unspecified atom stereocenters. The van der Waals surface area contributed by atoms with Gasteiger partial charge in [0.1, 0.15) is 12.1 Å². The molecule has 3 aromatic rings. The van der Waals surface area contributed by atoms with Crippen LogP contribution in [-0.4, -0.2) is 20.0 Å². The second-order valence-corrected chi connectivity index (χ2v) is 4.65. The third-order valence-electron chi connectivity index (χ3n) is 2.96. The molecular weight excluding hydrogens is 242 g/mol. The van der Waals surface area contributed by atoms with Gasteiger partial charge in [0.05, 0.1) is 11.9 Å². The molecule has 98 valence electrons. The molecule has 2 N–H and O–H groups in total. The molecule has 3 rings (SSSR count). The van der Waals surface area contributed by atoms with Gasteiger partial charge in [-0.05, 0) is 31.0 Å². The second-order valence-electron chi connectivity index (χ2n) is 4.65. The van der Waals surface area contributed by atoms with Crippen LogP contribution in [-0.2, 0) is 13.1 Å². The maximum absolute atomic E-state index is 5.77. The van der Waals surface area contributed by atoms with Crippen LogP contribution in [0.4, 0.5) is 0 Å². The molecule has 0 amide bonds. The van der Waals surface area contributed by atoms with Gasteiger partial charge in [0.25, 0.3) is 0 Å². The van der Waals surface area contributed by atoms with E-state index in [2.05, 4.69) is 21.4 Å². The third-order valence-corrected chi connectivity index (χ3v) is 2.96. The first-order valence-corrected chi connectivity index (χ1v) is 6.11. The summed E-state index contributed by atoms with van der Waals surface area (Å²) in [4.78, 5) is 4.48. The predicted molar refractivity (Wildman–Crippen MR) is 70.5 cm³/mol. The second kappa shape index (κ2) is 4.47. The zero-order valence-corrected chi connectivity index (χ0v) is 10.9. The summed E-state index contributed by atoms with van der Waals surface area (Å²) in [5.74, 6) is 0.622. The summed E-state index contributed by atoms with van der Waals surface area (Å²) >= 11 is 0. The van der Waals surface area contributed by atoms with Crippen LogP contribution >= 0.6 is 0 Å². The highest BCUT2D eigenvalue weighted by Gasteiger charge is 2.10. The summed E-state index contributed by atoms with van der Waals surface area (Å²) in [7, 11) is 0. The highest BCUT2D eigenvalue weighted by atomic mass is 16.3. The maximum Gasteiger partial charge on any atom is 0.217 e. The van der Waals surface area contributed by atoms with Gasteiger partial charge in [-0.25, -0.2) is 9.67 Å². The van der Waals surface area contributed by atoms with Crippen LogP contribution in [0.15, 0.2) is 22.7 Å². The molecule has 0 aliphatic rings. The van der Waals surface area contributed by atoms with Gasteiger partial charge in [-0.15, -0.1) is 5.10 Å². The Morgan fingerprint density at radius 2 is 2.16 bits per heavy atom. The van der Waals surface area contributed by atoms with Crippen LogP contribution in [0.5, 0.6) is 0 Å². The van der Waals surface area contributed by atoms with Gasteiger partial charge >= 0.3 is 0 Å². The van der Waals surface area contributed by atoms with E-state index < -0.39 is 0 Å². The fraction of sp³-hybridized carbons (Fsp3) is 0.308. The summed E-state index contributed by atoms with van der Waals surface area (Å²) in [6.07, 6.45) is 1.80. The molecule has 0 aliphatic carbocycles. The standard InChI is InChI=1S/C13H15N5O/c1-8-3-9(2)13-11(4-8)15-12(19-13)7-18-6-10(5-14)16-17-18/h3-4,6H,5,7,14H2,1-2H3. The Kier molecular flexibility index (Phi) is 2.79. The first-order valence-electron chi connectivity index (χ1n) is 6.11. The topological polar surface area (TPSA) is 82.8 Å². The Bertz CT molecular complexity index is 728. The molecule has 0 saturated heterocycles. The number of aryl methyl sites for hydroxylation is 2. The quantitative estimate of drug-likeness (QED) is 0.769. The van der Waals surface area contributed by atoms with Gasteiger partial charge in [0.15, 0.2) is 5.58 Å². The molecular formula is C13H15N5O. The van der Waals surface area contributed by atoms with Gasteiger partial charge in [-0.2, -0.15) is 0 Å². The summed E-state index contributed by atoms with van der Waals surface area (Å²) < 4.78 is 7.45. The largest absolute Gasteiger partial charge is 0.438 e. The van der Waals surface area contributed by atoms with Crippen LogP contribution in [0.1, 0.15) is 22.7 Å². The average Bonchev–Trinajstić information content (AvgIpc) is 2.96. The van der Waals surface area contributed by atoms with Gasteiger partial charge in [0, 0.05) is 6.54 Å². The molecule has 0 fully saturated rings. The van der Waals surface area contributed by atoms with Crippen LogP contribution in [0.3, 0.4) is 0 Å². The van der Waals surface area contributed by atoms with Crippen molar-refractivity contribution in [3.63, 3.8) is 0 Å². The molecule has 2 heterocycles. The minimum Gasteiger partial charge on any atom is -0.438 e. The molecule has 2 aromatic heterocycles. The number of nitrogens with zero attached hydrogens (tertiary/aromatic N) is 4. The summed E-state index contributed by atoms with van der Waals surface area (Å²) in [5, 5.41) is 7.91. The number of hydrogen-bond donors (Lipinski definition) is 1. The number of benzene rings is 1. The molecule has 0 spiro atoms. The molecule has 0 atom stereocenters. The van der Waals surface area contributed by atoms with E-state index >= 15 is 0 Å². The number of aromatic nitrogens is 4. The van der Waals surface area contributed by atoms with Gasteiger partial charge in [0.2, 0.25) is 5.89 Å². The predicted octanol–water partition coefficient (Wildman–Crippen LogP) is 1.54. The van der Waals surface area contributed by atoms with Gasteiger partial charge in [-0.1, -0.05) is 11.3 Å². The van der Waals surface area contributed by atoms with Crippen molar-refractivity contribution in [2.75, 3.05) is 0 Å². The summed E-state index contributed by atoms with van der Waals surface area (Å²) in [6.45, 7) is 4.91. The number of oxazole rings is 1. The zero-order valence-electron chi connectivity index (χ0n) is 10.9. The van der Waals surface area contributed by atoms with Crippen molar-refractivity contribution in [2.45, 2.75) is 26.9 Å². The minimum absolute atomic E-state index is 0.381. The van der Waals surface area contributed by atoms with E-state index in [0.717, 1.165) is 22.4 Å². The van der Waals surface area contributed by atoms with E-state index in [-0.39, 0.29) is 0 Å². The Morgan fingerprint density at radius 1 is 1.32 bits per heavy atom. The smallest absolute Gasteiger partial charge is 0.217 e. The molecule has 0 bridgehead atoms. The van der Waals surface area contributed by atoms with Crippen LogP contribution in [0.25, 0.3) is 11.1 Å². The molecule has 0 saturated carbocycles. The van der Waals surface area contributed by atoms with Gasteiger partial charge in [-0.3, -0.25) is 0 Å². The minimum atomic E-state index is 0.381. The van der Waals surface area contributed by atoms with Crippen molar-refractivity contribution in [2.24, 2.45) is 5.73 Å². The molecule has 0 radical (unpaired) electrons. The van der Waals surface area contributed by atoms with E-state index in [9.17, 15) is 0 Å². The van der Waals surface area contributed by atoms with Crippen molar-refractivity contribution in [1.82, 2.24) is 20.0 Å². The zero-order chi connectivity index (χ0) is 13.4. The monoisotopic (exact) mass is 257 g/mol. The Labute approximate surface area is 110 Å². The number of rotatable bonds is 3. The van der Waals surface area contributed by atoms with Crippen LogP contribution in [0, 0.1) is 13.8 Å². The number of nitrogens with two attached hydrogens (primary N) is 1. The Morgan fingerprint density at radius 3 is 2.89 bits per heavy atom.